The Balaban J connectivity index is 1.35. The van der Waals surface area contributed by atoms with Crippen LogP contribution in [0.1, 0.15) is 23.6 Å². The molecule has 1 saturated heterocycles. The lowest BCUT2D eigenvalue weighted by atomic mass is 10.1. The number of nitro benzene ring substituents is 1. The number of hydrogen-bond donors (Lipinski definition) is 1. The molecule has 1 heterocycles. The molecule has 5 rings (SSSR count). The number of imide groups is 2. The third kappa shape index (κ3) is 7.51. The van der Waals surface area contributed by atoms with Gasteiger partial charge in [0.15, 0.2) is 23.0 Å². The summed E-state index contributed by atoms with van der Waals surface area (Å²) in [6.07, 6.45) is 1.26. The summed E-state index contributed by atoms with van der Waals surface area (Å²) in [7, 11) is 1.55. The molecule has 0 saturated carbocycles. The van der Waals surface area contributed by atoms with Crippen LogP contribution in [0.15, 0.2) is 90.5 Å². The van der Waals surface area contributed by atoms with Crippen molar-refractivity contribution in [2.24, 2.45) is 0 Å². The standard InChI is InChI=1S/C34H28ClN3O9/c1-3-45-30-18-23(15-26-32(39)36-34(41)37(33(26)40)24-10-12-25(13-11-24)38(42)43)16-27(35)31(30)47-20-22-9-14-28(29(17-22)44-2)46-19-21-7-5-4-6-8-21/h4-18H,3,19-20H2,1-2H3,(H,36,39,41)/b26-15-. The number of carbonyl (C=O) groups is 3. The normalized spacial score (nSPS) is 13.7. The molecule has 1 N–H and O–H groups in total. The number of barbiturate groups is 1. The number of ether oxygens (including phenoxy) is 4. The number of nitrogens with one attached hydrogen (secondary N) is 1. The number of amides is 4. The highest BCUT2D eigenvalue weighted by Crippen LogP contribution is 2.39. The Morgan fingerprint density at radius 3 is 2.26 bits per heavy atom. The molecule has 0 bridgehead atoms. The summed E-state index contributed by atoms with van der Waals surface area (Å²) in [4.78, 5) is 49.7. The van der Waals surface area contributed by atoms with E-state index in [-0.39, 0.29) is 46.7 Å². The number of halogens is 1. The van der Waals surface area contributed by atoms with Crippen LogP contribution in [0.5, 0.6) is 23.0 Å². The Bertz CT molecular complexity index is 1860. The van der Waals surface area contributed by atoms with Gasteiger partial charge in [0.1, 0.15) is 18.8 Å². The van der Waals surface area contributed by atoms with Crippen molar-refractivity contribution in [3.8, 4) is 23.0 Å². The lowest BCUT2D eigenvalue weighted by Gasteiger charge is -2.26. The van der Waals surface area contributed by atoms with Crippen LogP contribution in [0.2, 0.25) is 5.02 Å². The molecule has 0 spiro atoms. The number of benzene rings is 4. The molecule has 47 heavy (non-hydrogen) atoms. The van der Waals surface area contributed by atoms with E-state index in [9.17, 15) is 24.5 Å². The summed E-state index contributed by atoms with van der Waals surface area (Å²) in [5.41, 5.74) is 1.55. The predicted octanol–water partition coefficient (Wildman–Crippen LogP) is 6.48. The van der Waals surface area contributed by atoms with Gasteiger partial charge in [-0.3, -0.25) is 25.0 Å². The maximum absolute atomic E-state index is 13.3. The van der Waals surface area contributed by atoms with Crippen LogP contribution in [0.4, 0.5) is 16.2 Å². The number of methoxy groups -OCH3 is 1. The van der Waals surface area contributed by atoms with E-state index in [0.717, 1.165) is 23.3 Å². The first-order valence-electron chi connectivity index (χ1n) is 14.3. The lowest BCUT2D eigenvalue weighted by Crippen LogP contribution is -2.54. The van der Waals surface area contributed by atoms with Crippen molar-refractivity contribution in [1.29, 1.82) is 0 Å². The zero-order valence-electron chi connectivity index (χ0n) is 25.2. The lowest BCUT2D eigenvalue weighted by molar-refractivity contribution is -0.384. The molecule has 1 aliphatic heterocycles. The van der Waals surface area contributed by atoms with Gasteiger partial charge in [0.25, 0.3) is 17.5 Å². The molecule has 4 aromatic carbocycles. The largest absolute Gasteiger partial charge is 0.493 e. The molecule has 0 unspecified atom stereocenters. The van der Waals surface area contributed by atoms with E-state index in [4.69, 9.17) is 30.5 Å². The van der Waals surface area contributed by atoms with Crippen molar-refractivity contribution >= 4 is 46.9 Å². The van der Waals surface area contributed by atoms with E-state index in [1.54, 1.807) is 32.2 Å². The van der Waals surface area contributed by atoms with Crippen LogP contribution in [0.25, 0.3) is 6.08 Å². The van der Waals surface area contributed by atoms with Gasteiger partial charge in [-0.15, -0.1) is 0 Å². The molecule has 0 atom stereocenters. The van der Waals surface area contributed by atoms with E-state index in [1.165, 1.54) is 24.3 Å². The van der Waals surface area contributed by atoms with Gasteiger partial charge >= 0.3 is 6.03 Å². The minimum atomic E-state index is -0.991. The van der Waals surface area contributed by atoms with Crippen LogP contribution in [-0.4, -0.2) is 36.5 Å². The molecule has 1 fully saturated rings. The van der Waals surface area contributed by atoms with Gasteiger partial charge in [-0.05, 0) is 66.1 Å². The maximum atomic E-state index is 13.3. The second-order valence-corrected chi connectivity index (χ2v) is 10.4. The monoisotopic (exact) mass is 657 g/mol. The maximum Gasteiger partial charge on any atom is 0.335 e. The molecule has 4 amide bonds. The van der Waals surface area contributed by atoms with Gasteiger partial charge < -0.3 is 18.9 Å². The SMILES string of the molecule is CCOc1cc(/C=C2/C(=O)NC(=O)N(c3ccc([N+](=O)[O-])cc3)C2=O)cc(Cl)c1OCc1ccc(OCc2ccccc2)c(OC)c1. The first-order valence-corrected chi connectivity index (χ1v) is 14.6. The second kappa shape index (κ2) is 14.5. The molecule has 4 aromatic rings. The van der Waals surface area contributed by atoms with Crippen molar-refractivity contribution < 1.29 is 38.3 Å². The number of nitrogens with zero attached hydrogens (tertiary/aromatic N) is 2. The first-order chi connectivity index (χ1) is 22.7. The summed E-state index contributed by atoms with van der Waals surface area (Å²) >= 11 is 6.61. The summed E-state index contributed by atoms with van der Waals surface area (Å²) in [6.45, 7) is 2.51. The number of nitro groups is 1. The van der Waals surface area contributed by atoms with Crippen molar-refractivity contribution in [3.05, 3.63) is 122 Å². The van der Waals surface area contributed by atoms with E-state index < -0.39 is 22.8 Å². The fraction of sp³-hybridized carbons (Fsp3) is 0.147. The Hall–Kier alpha value is -5.88. The Morgan fingerprint density at radius 2 is 1.57 bits per heavy atom. The van der Waals surface area contributed by atoms with Crippen LogP contribution < -0.4 is 29.2 Å². The fourth-order valence-corrected chi connectivity index (χ4v) is 4.94. The predicted molar refractivity (Wildman–Crippen MR) is 173 cm³/mol. The molecule has 0 radical (unpaired) electrons. The third-order valence-corrected chi connectivity index (χ3v) is 7.19. The zero-order valence-corrected chi connectivity index (χ0v) is 26.0. The Kier molecular flexibility index (Phi) is 10.0. The van der Waals surface area contributed by atoms with Crippen molar-refractivity contribution in [3.63, 3.8) is 0 Å². The third-order valence-electron chi connectivity index (χ3n) is 6.91. The fourth-order valence-electron chi connectivity index (χ4n) is 4.67. The highest BCUT2D eigenvalue weighted by molar-refractivity contribution is 6.39. The minimum Gasteiger partial charge on any atom is -0.493 e. The smallest absolute Gasteiger partial charge is 0.335 e. The van der Waals surface area contributed by atoms with E-state index in [1.807, 2.05) is 36.4 Å². The zero-order chi connectivity index (χ0) is 33.5. The van der Waals surface area contributed by atoms with Crippen molar-refractivity contribution in [2.45, 2.75) is 20.1 Å². The Morgan fingerprint density at radius 1 is 0.851 bits per heavy atom. The van der Waals surface area contributed by atoms with Gasteiger partial charge in [-0.1, -0.05) is 48.0 Å². The van der Waals surface area contributed by atoms with Gasteiger partial charge in [0.05, 0.1) is 29.4 Å². The number of hydrogen-bond acceptors (Lipinski definition) is 9. The van der Waals surface area contributed by atoms with Crippen LogP contribution in [0.3, 0.4) is 0 Å². The van der Waals surface area contributed by atoms with Gasteiger partial charge in [-0.25, -0.2) is 9.69 Å². The minimum absolute atomic E-state index is 0.0423. The summed E-state index contributed by atoms with van der Waals surface area (Å²) in [5.74, 6) is -0.253. The number of carbonyl (C=O) groups excluding carboxylic acids is 3. The second-order valence-electron chi connectivity index (χ2n) is 10.0. The summed E-state index contributed by atoms with van der Waals surface area (Å²) in [5, 5.41) is 13.3. The average molecular weight is 658 g/mol. The molecular weight excluding hydrogens is 630 g/mol. The van der Waals surface area contributed by atoms with E-state index in [2.05, 4.69) is 5.32 Å². The number of anilines is 1. The van der Waals surface area contributed by atoms with Crippen molar-refractivity contribution in [1.82, 2.24) is 5.32 Å². The first kappa shape index (κ1) is 32.5. The molecule has 1 aliphatic rings. The van der Waals surface area contributed by atoms with Crippen LogP contribution in [-0.2, 0) is 22.8 Å². The van der Waals surface area contributed by atoms with Crippen LogP contribution >= 0.6 is 11.6 Å². The average Bonchev–Trinajstić information content (AvgIpc) is 3.06. The van der Waals surface area contributed by atoms with Crippen LogP contribution in [0, 0.1) is 10.1 Å². The van der Waals surface area contributed by atoms with Gasteiger partial charge in [0.2, 0.25) is 0 Å². The number of non-ortho nitro benzene ring substituents is 1. The molecule has 0 aliphatic carbocycles. The molecule has 12 nitrogen and oxygen atoms in total. The summed E-state index contributed by atoms with van der Waals surface area (Å²) in [6, 6.07) is 22.0. The quantitative estimate of drug-likeness (QED) is 0.0782. The van der Waals surface area contributed by atoms with E-state index >= 15 is 0 Å². The number of rotatable bonds is 12. The molecular formula is C34H28ClN3O9. The molecule has 240 valence electrons. The number of urea groups is 1. The van der Waals surface area contributed by atoms with Crippen molar-refractivity contribution in [2.75, 3.05) is 18.6 Å². The topological polar surface area (TPSA) is 147 Å². The Labute approximate surface area is 274 Å². The molecule has 13 heteroatoms. The highest BCUT2D eigenvalue weighted by Gasteiger charge is 2.37. The van der Waals surface area contributed by atoms with Gasteiger partial charge in [0, 0.05) is 12.1 Å². The van der Waals surface area contributed by atoms with Gasteiger partial charge in [-0.2, -0.15) is 0 Å². The van der Waals surface area contributed by atoms with E-state index in [0.29, 0.717) is 28.6 Å². The molecule has 0 aromatic heterocycles. The highest BCUT2D eigenvalue weighted by atomic mass is 35.5. The summed E-state index contributed by atoms with van der Waals surface area (Å²) < 4.78 is 23.3.